The summed E-state index contributed by atoms with van der Waals surface area (Å²) < 4.78 is 27.0. The van der Waals surface area contributed by atoms with Gasteiger partial charge in [0.25, 0.3) is 0 Å². The number of rotatable bonds is 5. The predicted octanol–water partition coefficient (Wildman–Crippen LogP) is 3.62. The van der Waals surface area contributed by atoms with Crippen molar-refractivity contribution >= 4 is 23.0 Å². The summed E-state index contributed by atoms with van der Waals surface area (Å²) >= 11 is 0. The van der Waals surface area contributed by atoms with E-state index in [0.717, 1.165) is 30.9 Å². The van der Waals surface area contributed by atoms with Gasteiger partial charge in [-0.05, 0) is 49.2 Å². The van der Waals surface area contributed by atoms with Crippen LogP contribution in [0.25, 0.3) is 0 Å². The van der Waals surface area contributed by atoms with E-state index in [2.05, 4.69) is 15.5 Å². The van der Waals surface area contributed by atoms with Crippen LogP contribution in [0, 0.1) is 11.6 Å². The third-order valence-electron chi connectivity index (χ3n) is 4.01. The van der Waals surface area contributed by atoms with Gasteiger partial charge in [-0.2, -0.15) is 0 Å². The molecule has 126 valence electrons. The summed E-state index contributed by atoms with van der Waals surface area (Å²) in [5.74, 6) is -1.82. The molecule has 6 heteroatoms. The Kier molecular flexibility index (Phi) is 4.93. The topological polar surface area (TPSA) is 44.4 Å². The molecule has 3 rings (SSSR count). The highest BCUT2D eigenvalue weighted by molar-refractivity contribution is 5.93. The van der Waals surface area contributed by atoms with Gasteiger partial charge in [-0.25, -0.2) is 8.78 Å². The molecule has 0 atom stereocenters. The Bertz CT molecular complexity index is 692. The SMILES string of the molecule is O=C(CNc1c(F)cccc1F)Nc1ccc(N2CCCC2)cc1. The molecule has 1 amide bonds. The molecule has 1 aliphatic rings. The molecule has 0 saturated carbocycles. The summed E-state index contributed by atoms with van der Waals surface area (Å²) in [5, 5.41) is 5.19. The van der Waals surface area contributed by atoms with Crippen molar-refractivity contribution in [3.05, 3.63) is 54.1 Å². The Morgan fingerprint density at radius 2 is 1.62 bits per heavy atom. The number of amides is 1. The molecular formula is C18H19F2N3O. The summed E-state index contributed by atoms with van der Waals surface area (Å²) in [6, 6.07) is 11.1. The van der Waals surface area contributed by atoms with E-state index in [1.807, 2.05) is 24.3 Å². The molecule has 1 heterocycles. The molecule has 2 aromatic carbocycles. The van der Waals surface area contributed by atoms with E-state index >= 15 is 0 Å². The molecule has 0 radical (unpaired) electrons. The summed E-state index contributed by atoms with van der Waals surface area (Å²) in [7, 11) is 0. The monoisotopic (exact) mass is 331 g/mol. The Morgan fingerprint density at radius 3 is 2.25 bits per heavy atom. The van der Waals surface area contributed by atoms with Gasteiger partial charge in [0, 0.05) is 24.5 Å². The van der Waals surface area contributed by atoms with Crippen molar-refractivity contribution in [3.63, 3.8) is 0 Å². The summed E-state index contributed by atoms with van der Waals surface area (Å²) in [6.45, 7) is 1.90. The van der Waals surface area contributed by atoms with Crippen molar-refractivity contribution in [1.29, 1.82) is 0 Å². The fourth-order valence-corrected chi connectivity index (χ4v) is 2.77. The maximum Gasteiger partial charge on any atom is 0.243 e. The van der Waals surface area contributed by atoms with E-state index in [1.165, 1.54) is 18.9 Å². The molecule has 24 heavy (non-hydrogen) atoms. The number of hydrogen-bond donors (Lipinski definition) is 2. The number of carbonyl (C=O) groups excluding carboxylic acids is 1. The van der Waals surface area contributed by atoms with Crippen molar-refractivity contribution in [1.82, 2.24) is 0 Å². The van der Waals surface area contributed by atoms with E-state index in [4.69, 9.17) is 0 Å². The molecule has 0 aromatic heterocycles. The molecule has 1 aliphatic heterocycles. The van der Waals surface area contributed by atoms with Crippen LogP contribution in [-0.4, -0.2) is 25.5 Å². The van der Waals surface area contributed by atoms with Gasteiger partial charge in [0.2, 0.25) is 5.91 Å². The zero-order chi connectivity index (χ0) is 16.9. The number of anilines is 3. The van der Waals surface area contributed by atoms with Crippen LogP contribution in [0.4, 0.5) is 25.8 Å². The van der Waals surface area contributed by atoms with Gasteiger partial charge < -0.3 is 15.5 Å². The van der Waals surface area contributed by atoms with E-state index in [-0.39, 0.29) is 18.1 Å². The van der Waals surface area contributed by atoms with E-state index in [9.17, 15) is 13.6 Å². The molecule has 0 unspecified atom stereocenters. The molecule has 0 bridgehead atoms. The van der Waals surface area contributed by atoms with Crippen LogP contribution in [0.2, 0.25) is 0 Å². The Morgan fingerprint density at radius 1 is 1.00 bits per heavy atom. The van der Waals surface area contributed by atoms with Crippen molar-refractivity contribution in [2.45, 2.75) is 12.8 Å². The van der Waals surface area contributed by atoms with Crippen molar-refractivity contribution < 1.29 is 13.6 Å². The molecule has 4 nitrogen and oxygen atoms in total. The highest BCUT2D eigenvalue weighted by atomic mass is 19.1. The van der Waals surface area contributed by atoms with Gasteiger partial charge in [0.1, 0.15) is 17.3 Å². The fraction of sp³-hybridized carbons (Fsp3) is 0.278. The van der Waals surface area contributed by atoms with Crippen LogP contribution in [-0.2, 0) is 4.79 Å². The average molecular weight is 331 g/mol. The second kappa shape index (κ2) is 7.29. The first-order chi connectivity index (χ1) is 11.6. The van der Waals surface area contributed by atoms with Crippen LogP contribution in [0.5, 0.6) is 0 Å². The second-order valence-electron chi connectivity index (χ2n) is 5.74. The average Bonchev–Trinajstić information content (AvgIpc) is 3.09. The first-order valence-electron chi connectivity index (χ1n) is 7.96. The van der Waals surface area contributed by atoms with Gasteiger partial charge in [-0.3, -0.25) is 4.79 Å². The maximum atomic E-state index is 13.5. The van der Waals surface area contributed by atoms with Gasteiger partial charge >= 0.3 is 0 Å². The van der Waals surface area contributed by atoms with Crippen molar-refractivity contribution in [2.24, 2.45) is 0 Å². The molecule has 2 N–H and O–H groups in total. The third-order valence-corrected chi connectivity index (χ3v) is 4.01. The molecule has 1 saturated heterocycles. The predicted molar refractivity (Wildman–Crippen MR) is 91.4 cm³/mol. The van der Waals surface area contributed by atoms with Crippen LogP contribution in [0.1, 0.15) is 12.8 Å². The Labute approximate surface area is 139 Å². The minimum absolute atomic E-state index is 0.217. The van der Waals surface area contributed by atoms with E-state index < -0.39 is 11.6 Å². The summed E-state index contributed by atoms with van der Waals surface area (Å²) in [5.41, 5.74) is 1.49. The molecular weight excluding hydrogens is 312 g/mol. The van der Waals surface area contributed by atoms with Crippen LogP contribution < -0.4 is 15.5 Å². The van der Waals surface area contributed by atoms with E-state index in [1.54, 1.807) is 0 Å². The number of hydrogen-bond acceptors (Lipinski definition) is 3. The molecule has 1 fully saturated rings. The van der Waals surface area contributed by atoms with Gasteiger partial charge in [-0.15, -0.1) is 0 Å². The lowest BCUT2D eigenvalue weighted by molar-refractivity contribution is -0.114. The lowest BCUT2D eigenvalue weighted by Gasteiger charge is -2.17. The smallest absolute Gasteiger partial charge is 0.243 e. The standard InChI is InChI=1S/C18H19F2N3O/c19-15-4-3-5-16(20)18(15)21-12-17(24)22-13-6-8-14(9-7-13)23-10-1-2-11-23/h3-9,21H,1-2,10-12H2,(H,22,24). The number of para-hydroxylation sites is 1. The van der Waals surface area contributed by atoms with Gasteiger partial charge in [0.15, 0.2) is 0 Å². The lowest BCUT2D eigenvalue weighted by Crippen LogP contribution is -2.22. The van der Waals surface area contributed by atoms with Gasteiger partial charge in [-0.1, -0.05) is 6.07 Å². The number of nitrogens with one attached hydrogen (secondary N) is 2. The van der Waals surface area contributed by atoms with Crippen LogP contribution >= 0.6 is 0 Å². The fourth-order valence-electron chi connectivity index (χ4n) is 2.77. The highest BCUT2D eigenvalue weighted by Gasteiger charge is 2.13. The first-order valence-corrected chi connectivity index (χ1v) is 7.96. The zero-order valence-corrected chi connectivity index (χ0v) is 13.2. The van der Waals surface area contributed by atoms with Crippen LogP contribution in [0.15, 0.2) is 42.5 Å². The minimum atomic E-state index is -0.724. The number of halogens is 2. The normalized spacial score (nSPS) is 13.8. The van der Waals surface area contributed by atoms with Crippen molar-refractivity contribution in [2.75, 3.05) is 35.2 Å². The summed E-state index contributed by atoms with van der Waals surface area (Å²) in [4.78, 5) is 14.2. The second-order valence-corrected chi connectivity index (χ2v) is 5.74. The largest absolute Gasteiger partial charge is 0.372 e. The summed E-state index contributed by atoms with van der Waals surface area (Å²) in [6.07, 6.45) is 2.41. The van der Waals surface area contributed by atoms with Gasteiger partial charge in [0.05, 0.1) is 6.54 Å². The van der Waals surface area contributed by atoms with E-state index in [0.29, 0.717) is 5.69 Å². The first kappa shape index (κ1) is 16.2. The molecule has 2 aromatic rings. The quantitative estimate of drug-likeness (QED) is 0.880. The maximum absolute atomic E-state index is 13.5. The highest BCUT2D eigenvalue weighted by Crippen LogP contribution is 2.22. The Balaban J connectivity index is 1.55. The lowest BCUT2D eigenvalue weighted by atomic mass is 10.2. The molecule has 0 spiro atoms. The minimum Gasteiger partial charge on any atom is -0.372 e. The van der Waals surface area contributed by atoms with Crippen LogP contribution in [0.3, 0.4) is 0 Å². The third kappa shape index (κ3) is 3.82. The number of benzene rings is 2. The number of nitrogens with zero attached hydrogens (tertiary/aromatic N) is 1. The zero-order valence-electron chi connectivity index (χ0n) is 13.2. The van der Waals surface area contributed by atoms with Crippen molar-refractivity contribution in [3.8, 4) is 0 Å². The molecule has 0 aliphatic carbocycles. The number of carbonyl (C=O) groups is 1. The Hall–Kier alpha value is -2.63.